The summed E-state index contributed by atoms with van der Waals surface area (Å²) >= 11 is 0. The van der Waals surface area contributed by atoms with Crippen LogP contribution in [-0.2, 0) is 9.84 Å². The second kappa shape index (κ2) is 4.04. The largest absolute Gasteiger partial charge is 0.379 e. The van der Waals surface area contributed by atoms with E-state index in [1.54, 1.807) is 6.07 Å². The van der Waals surface area contributed by atoms with E-state index in [1.807, 2.05) is 26.0 Å². The smallest absolute Gasteiger partial charge is 0.182 e. The van der Waals surface area contributed by atoms with Gasteiger partial charge in [0.15, 0.2) is 9.84 Å². The highest BCUT2D eigenvalue weighted by molar-refractivity contribution is 7.91. The van der Waals surface area contributed by atoms with Crippen LogP contribution in [0.3, 0.4) is 0 Å². The maximum absolute atomic E-state index is 12.1. The van der Waals surface area contributed by atoms with Gasteiger partial charge in [0.2, 0.25) is 0 Å². The summed E-state index contributed by atoms with van der Waals surface area (Å²) in [4.78, 5) is 0.356. The highest BCUT2D eigenvalue weighted by Crippen LogP contribution is 2.33. The first-order valence-electron chi connectivity index (χ1n) is 5.42. The van der Waals surface area contributed by atoms with Crippen LogP contribution in [0.5, 0.6) is 0 Å². The summed E-state index contributed by atoms with van der Waals surface area (Å²) in [6, 6.07) is 5.16. The van der Waals surface area contributed by atoms with E-state index in [4.69, 9.17) is 5.26 Å². The van der Waals surface area contributed by atoms with Crippen molar-refractivity contribution in [2.45, 2.75) is 31.2 Å². The second-order valence-corrected chi connectivity index (χ2v) is 6.37. The summed E-state index contributed by atoms with van der Waals surface area (Å²) in [7, 11) is -3.27. The van der Waals surface area contributed by atoms with Crippen molar-refractivity contribution in [3.63, 3.8) is 0 Å². The monoisotopic (exact) mass is 250 g/mol. The van der Waals surface area contributed by atoms with Gasteiger partial charge in [0, 0.05) is 0 Å². The van der Waals surface area contributed by atoms with Gasteiger partial charge >= 0.3 is 0 Å². The Balaban J connectivity index is 2.58. The number of anilines is 1. The Labute approximate surface area is 101 Å². The average Bonchev–Trinajstić information content (AvgIpc) is 2.23. The van der Waals surface area contributed by atoms with E-state index in [-0.39, 0.29) is 18.2 Å². The molecule has 1 atom stereocenters. The summed E-state index contributed by atoms with van der Waals surface area (Å²) in [6.45, 7) is 3.84. The van der Waals surface area contributed by atoms with Crippen molar-refractivity contribution in [3.8, 4) is 6.07 Å². The molecule has 0 aromatic heterocycles. The molecule has 0 bridgehead atoms. The Morgan fingerprint density at radius 1 is 1.47 bits per heavy atom. The molecule has 1 aromatic rings. The van der Waals surface area contributed by atoms with E-state index in [2.05, 4.69) is 5.32 Å². The van der Waals surface area contributed by atoms with Crippen molar-refractivity contribution in [3.05, 3.63) is 23.3 Å². The number of hydrogen-bond donors (Lipinski definition) is 1. The molecule has 1 unspecified atom stereocenters. The summed E-state index contributed by atoms with van der Waals surface area (Å²) in [5.41, 5.74) is 2.65. The van der Waals surface area contributed by atoms with Crippen LogP contribution in [0.2, 0.25) is 0 Å². The molecule has 0 saturated heterocycles. The van der Waals surface area contributed by atoms with Gasteiger partial charge in [0.1, 0.15) is 0 Å². The van der Waals surface area contributed by atoms with Crippen LogP contribution in [0, 0.1) is 25.2 Å². The fourth-order valence-electron chi connectivity index (χ4n) is 2.05. The predicted octanol–water partition coefficient (Wildman–Crippen LogP) is 1.78. The van der Waals surface area contributed by atoms with Crippen molar-refractivity contribution in [2.75, 3.05) is 11.1 Å². The first kappa shape index (κ1) is 11.9. The van der Waals surface area contributed by atoms with E-state index in [1.165, 1.54) is 0 Å². The van der Waals surface area contributed by atoms with Gasteiger partial charge in [-0.3, -0.25) is 0 Å². The Bertz CT molecular complexity index is 600. The minimum atomic E-state index is -3.27. The van der Waals surface area contributed by atoms with Crippen LogP contribution in [-0.4, -0.2) is 20.2 Å². The number of benzene rings is 1. The number of sulfone groups is 1. The van der Waals surface area contributed by atoms with E-state index in [0.29, 0.717) is 10.6 Å². The van der Waals surface area contributed by atoms with Crippen LogP contribution in [0.4, 0.5) is 5.69 Å². The van der Waals surface area contributed by atoms with Gasteiger partial charge in [-0.1, -0.05) is 6.07 Å². The summed E-state index contributed by atoms with van der Waals surface area (Å²) in [5, 5.41) is 11.8. The zero-order chi connectivity index (χ0) is 12.6. The molecule has 0 spiro atoms. The predicted molar refractivity (Wildman–Crippen MR) is 65.6 cm³/mol. The summed E-state index contributed by atoms with van der Waals surface area (Å²) in [5.74, 6) is -0.00391. The molecule has 1 aromatic carbocycles. The highest BCUT2D eigenvalue weighted by atomic mass is 32.2. The fraction of sp³-hybridized carbons (Fsp3) is 0.417. The third-order valence-electron chi connectivity index (χ3n) is 3.14. The Morgan fingerprint density at radius 3 is 2.82 bits per heavy atom. The van der Waals surface area contributed by atoms with Crippen LogP contribution in [0.15, 0.2) is 17.0 Å². The van der Waals surface area contributed by atoms with Gasteiger partial charge in [-0.25, -0.2) is 8.42 Å². The van der Waals surface area contributed by atoms with Crippen LogP contribution in [0.25, 0.3) is 0 Å². The molecular weight excluding hydrogens is 236 g/mol. The van der Waals surface area contributed by atoms with Crippen LogP contribution < -0.4 is 5.32 Å². The van der Waals surface area contributed by atoms with Gasteiger partial charge in [-0.05, 0) is 31.0 Å². The van der Waals surface area contributed by atoms with Gasteiger partial charge in [-0.2, -0.15) is 5.26 Å². The quantitative estimate of drug-likeness (QED) is 0.825. The van der Waals surface area contributed by atoms with Crippen LogP contribution in [0.1, 0.15) is 17.5 Å². The van der Waals surface area contributed by atoms with E-state index < -0.39 is 9.84 Å². The van der Waals surface area contributed by atoms with Gasteiger partial charge < -0.3 is 5.32 Å². The number of nitriles is 1. The minimum absolute atomic E-state index is 0.00391. The molecule has 5 heteroatoms. The van der Waals surface area contributed by atoms with Crippen LogP contribution >= 0.6 is 0 Å². The van der Waals surface area contributed by atoms with Crippen molar-refractivity contribution in [1.82, 2.24) is 0 Å². The number of fused-ring (bicyclic) bond motifs is 1. The maximum atomic E-state index is 12.1. The number of aryl methyl sites for hydroxylation is 1. The number of rotatable bonds is 1. The Morgan fingerprint density at radius 2 is 2.18 bits per heavy atom. The first-order valence-corrected chi connectivity index (χ1v) is 7.07. The summed E-state index contributed by atoms with van der Waals surface area (Å²) in [6.07, 6.45) is 0.200. The standard InChI is InChI=1S/C12H14N2O2S/c1-8-3-4-11-12(9(8)2)14-10(5-6-13)7-17(11,15)16/h3-4,10,14H,5,7H2,1-2H3. The lowest BCUT2D eigenvalue weighted by molar-refractivity contribution is 0.586. The lowest BCUT2D eigenvalue weighted by Crippen LogP contribution is -2.34. The van der Waals surface area contributed by atoms with Gasteiger partial charge in [0.05, 0.1) is 34.9 Å². The van der Waals surface area contributed by atoms with Crippen molar-refractivity contribution < 1.29 is 8.42 Å². The molecule has 0 fully saturated rings. The molecule has 1 aliphatic heterocycles. The number of nitrogens with one attached hydrogen (secondary N) is 1. The van der Waals surface area contributed by atoms with Crippen molar-refractivity contribution in [2.24, 2.45) is 0 Å². The van der Waals surface area contributed by atoms with Gasteiger partial charge in [-0.15, -0.1) is 0 Å². The minimum Gasteiger partial charge on any atom is -0.379 e. The number of hydrogen-bond acceptors (Lipinski definition) is 4. The third kappa shape index (κ3) is 2.01. The summed E-state index contributed by atoms with van der Waals surface area (Å²) < 4.78 is 24.1. The lowest BCUT2D eigenvalue weighted by Gasteiger charge is -2.27. The molecule has 0 saturated carbocycles. The average molecular weight is 250 g/mol. The zero-order valence-electron chi connectivity index (χ0n) is 9.82. The van der Waals surface area contributed by atoms with Gasteiger partial charge in [0.25, 0.3) is 0 Å². The second-order valence-electron chi connectivity index (χ2n) is 4.37. The van der Waals surface area contributed by atoms with E-state index >= 15 is 0 Å². The molecule has 90 valence electrons. The molecule has 0 aliphatic carbocycles. The molecule has 1 N–H and O–H groups in total. The lowest BCUT2D eigenvalue weighted by atomic mass is 10.1. The first-order chi connectivity index (χ1) is 7.95. The molecule has 17 heavy (non-hydrogen) atoms. The molecule has 1 aliphatic rings. The Kier molecular flexibility index (Phi) is 2.84. The molecular formula is C12H14N2O2S. The molecule has 1 heterocycles. The maximum Gasteiger partial charge on any atom is 0.182 e. The highest BCUT2D eigenvalue weighted by Gasteiger charge is 2.30. The Hall–Kier alpha value is -1.54. The fourth-order valence-corrected chi connectivity index (χ4v) is 3.76. The van der Waals surface area contributed by atoms with E-state index in [0.717, 1.165) is 11.1 Å². The normalized spacial score (nSPS) is 21.1. The third-order valence-corrected chi connectivity index (χ3v) is 4.99. The number of nitrogens with zero attached hydrogens (tertiary/aromatic N) is 1. The topological polar surface area (TPSA) is 70.0 Å². The van der Waals surface area contributed by atoms with E-state index in [9.17, 15) is 8.42 Å². The molecule has 0 amide bonds. The molecule has 2 rings (SSSR count). The zero-order valence-corrected chi connectivity index (χ0v) is 10.6. The SMILES string of the molecule is Cc1ccc2c(c1C)NC(CC#N)CS2(=O)=O. The van der Waals surface area contributed by atoms with Crippen molar-refractivity contribution >= 4 is 15.5 Å². The molecule has 4 nitrogen and oxygen atoms in total. The van der Waals surface area contributed by atoms with Crippen molar-refractivity contribution in [1.29, 1.82) is 5.26 Å². The molecule has 0 radical (unpaired) electrons.